The number of likely N-dealkylation sites (tertiary alicyclic amines) is 1. The normalized spacial score (nSPS) is 23.3. The Morgan fingerprint density at radius 1 is 1.50 bits per heavy atom. The number of nitrogens with two attached hydrogens (primary N) is 1. The summed E-state index contributed by atoms with van der Waals surface area (Å²) >= 11 is 0. The van der Waals surface area contributed by atoms with Gasteiger partial charge in [-0.05, 0) is 37.9 Å². The van der Waals surface area contributed by atoms with Crippen molar-refractivity contribution >= 4 is 5.91 Å². The first-order chi connectivity index (χ1) is 8.52. The van der Waals surface area contributed by atoms with Crippen LogP contribution in [0, 0.1) is 5.92 Å². The second kappa shape index (κ2) is 4.86. The molecular weight excluding hydrogens is 232 g/mol. The van der Waals surface area contributed by atoms with Crippen molar-refractivity contribution in [3.63, 3.8) is 0 Å². The van der Waals surface area contributed by atoms with E-state index in [9.17, 15) is 15.0 Å². The van der Waals surface area contributed by atoms with Crippen LogP contribution >= 0.6 is 0 Å². The van der Waals surface area contributed by atoms with Crippen molar-refractivity contribution in [2.45, 2.75) is 19.4 Å². The molecule has 1 heterocycles. The lowest BCUT2D eigenvalue weighted by Crippen LogP contribution is -2.34. The Morgan fingerprint density at radius 3 is 2.78 bits per heavy atom. The van der Waals surface area contributed by atoms with E-state index in [2.05, 4.69) is 0 Å². The van der Waals surface area contributed by atoms with Gasteiger partial charge in [0, 0.05) is 18.7 Å². The highest BCUT2D eigenvalue weighted by atomic mass is 16.3. The second-order valence-electron chi connectivity index (χ2n) is 4.85. The third-order valence-electron chi connectivity index (χ3n) is 3.47. The van der Waals surface area contributed by atoms with Gasteiger partial charge in [0.1, 0.15) is 11.5 Å². The molecule has 98 valence electrons. The standard InChI is InChI=1S/C13H18N2O3/c1-8-4-9(6-14)7-15(8)13(18)11-3-2-10(16)5-12(11)17/h2-3,5,8-9,16-17H,4,6-7,14H2,1H3. The predicted molar refractivity (Wildman–Crippen MR) is 67.4 cm³/mol. The number of hydrogen-bond acceptors (Lipinski definition) is 4. The van der Waals surface area contributed by atoms with Crippen LogP contribution in [-0.4, -0.2) is 40.2 Å². The van der Waals surface area contributed by atoms with Crippen LogP contribution in [0.4, 0.5) is 0 Å². The predicted octanol–water partition coefficient (Wildman–Crippen LogP) is 0.907. The highest BCUT2D eigenvalue weighted by Gasteiger charge is 2.32. The van der Waals surface area contributed by atoms with Gasteiger partial charge < -0.3 is 20.8 Å². The minimum absolute atomic E-state index is 0.0571. The van der Waals surface area contributed by atoms with Crippen molar-refractivity contribution in [2.75, 3.05) is 13.1 Å². The Labute approximate surface area is 106 Å². The molecule has 2 atom stereocenters. The first kappa shape index (κ1) is 12.7. The van der Waals surface area contributed by atoms with E-state index in [1.165, 1.54) is 18.2 Å². The minimum Gasteiger partial charge on any atom is -0.508 e. The van der Waals surface area contributed by atoms with Crippen LogP contribution in [0.2, 0.25) is 0 Å². The molecule has 0 radical (unpaired) electrons. The molecule has 2 unspecified atom stereocenters. The molecule has 18 heavy (non-hydrogen) atoms. The zero-order chi connectivity index (χ0) is 13.3. The summed E-state index contributed by atoms with van der Waals surface area (Å²) in [7, 11) is 0. The van der Waals surface area contributed by atoms with Gasteiger partial charge in [0.05, 0.1) is 5.56 Å². The maximum atomic E-state index is 12.3. The fourth-order valence-corrected chi connectivity index (χ4v) is 2.45. The lowest BCUT2D eigenvalue weighted by Gasteiger charge is -2.22. The SMILES string of the molecule is CC1CC(CN)CN1C(=O)c1ccc(O)cc1O. The van der Waals surface area contributed by atoms with E-state index < -0.39 is 0 Å². The summed E-state index contributed by atoms with van der Waals surface area (Å²) in [5, 5.41) is 18.9. The summed E-state index contributed by atoms with van der Waals surface area (Å²) in [4.78, 5) is 14.0. The average Bonchev–Trinajstić information content (AvgIpc) is 2.70. The molecule has 1 aromatic rings. The molecule has 1 aliphatic heterocycles. The number of phenols is 2. The second-order valence-corrected chi connectivity index (χ2v) is 4.85. The third kappa shape index (κ3) is 2.26. The maximum absolute atomic E-state index is 12.3. The van der Waals surface area contributed by atoms with Gasteiger partial charge in [-0.25, -0.2) is 0 Å². The summed E-state index contributed by atoms with van der Waals surface area (Å²) in [6.07, 6.45) is 0.890. The molecule has 5 nitrogen and oxygen atoms in total. The molecule has 0 saturated carbocycles. The number of phenolic OH excluding ortho intramolecular Hbond substituents is 2. The highest BCUT2D eigenvalue weighted by Crippen LogP contribution is 2.28. The molecule has 2 rings (SSSR count). The van der Waals surface area contributed by atoms with Gasteiger partial charge in [-0.3, -0.25) is 4.79 Å². The Bertz CT molecular complexity index is 462. The number of carbonyl (C=O) groups excluding carboxylic acids is 1. The number of carbonyl (C=O) groups is 1. The van der Waals surface area contributed by atoms with E-state index in [1.54, 1.807) is 4.90 Å². The van der Waals surface area contributed by atoms with Gasteiger partial charge in [-0.1, -0.05) is 0 Å². The van der Waals surface area contributed by atoms with Crippen molar-refractivity contribution in [1.82, 2.24) is 4.90 Å². The Kier molecular flexibility index (Phi) is 3.43. The van der Waals surface area contributed by atoms with Crippen LogP contribution in [0.3, 0.4) is 0 Å². The quantitative estimate of drug-likeness (QED) is 0.728. The minimum atomic E-state index is -0.212. The zero-order valence-electron chi connectivity index (χ0n) is 10.3. The molecule has 0 bridgehead atoms. The topological polar surface area (TPSA) is 86.8 Å². The summed E-state index contributed by atoms with van der Waals surface area (Å²) in [5.41, 5.74) is 5.85. The van der Waals surface area contributed by atoms with Crippen molar-refractivity contribution in [1.29, 1.82) is 0 Å². The fraction of sp³-hybridized carbons (Fsp3) is 0.462. The van der Waals surface area contributed by atoms with Crippen LogP contribution in [0.5, 0.6) is 11.5 Å². The van der Waals surface area contributed by atoms with Gasteiger partial charge in [0.15, 0.2) is 0 Å². The molecule has 1 amide bonds. The highest BCUT2D eigenvalue weighted by molar-refractivity contribution is 5.97. The van der Waals surface area contributed by atoms with Crippen molar-refractivity contribution in [3.8, 4) is 11.5 Å². The van der Waals surface area contributed by atoms with E-state index >= 15 is 0 Å². The van der Waals surface area contributed by atoms with E-state index in [-0.39, 0.29) is 29.0 Å². The number of nitrogens with zero attached hydrogens (tertiary/aromatic N) is 1. The summed E-state index contributed by atoms with van der Waals surface area (Å²) < 4.78 is 0. The Morgan fingerprint density at radius 2 is 2.22 bits per heavy atom. The van der Waals surface area contributed by atoms with Gasteiger partial charge in [0.25, 0.3) is 5.91 Å². The molecule has 0 aliphatic carbocycles. The van der Waals surface area contributed by atoms with Crippen molar-refractivity contribution in [3.05, 3.63) is 23.8 Å². The zero-order valence-corrected chi connectivity index (χ0v) is 10.3. The van der Waals surface area contributed by atoms with Crippen LogP contribution in [0.1, 0.15) is 23.7 Å². The van der Waals surface area contributed by atoms with E-state index in [0.717, 1.165) is 6.42 Å². The third-order valence-corrected chi connectivity index (χ3v) is 3.47. The molecule has 5 heteroatoms. The van der Waals surface area contributed by atoms with E-state index in [4.69, 9.17) is 5.73 Å². The number of hydrogen-bond donors (Lipinski definition) is 3. The summed E-state index contributed by atoms with van der Waals surface area (Å²) in [6.45, 7) is 3.16. The van der Waals surface area contributed by atoms with Crippen LogP contribution in [-0.2, 0) is 0 Å². The van der Waals surface area contributed by atoms with E-state index in [0.29, 0.717) is 19.0 Å². The molecule has 0 spiro atoms. The van der Waals surface area contributed by atoms with E-state index in [1.807, 2.05) is 6.92 Å². The average molecular weight is 250 g/mol. The number of amides is 1. The summed E-state index contributed by atoms with van der Waals surface area (Å²) in [6, 6.07) is 4.14. The first-order valence-electron chi connectivity index (χ1n) is 6.06. The van der Waals surface area contributed by atoms with Crippen molar-refractivity contribution in [2.24, 2.45) is 11.7 Å². The molecular formula is C13H18N2O3. The molecule has 4 N–H and O–H groups in total. The lowest BCUT2D eigenvalue weighted by molar-refractivity contribution is 0.0740. The summed E-state index contributed by atoms with van der Waals surface area (Å²) in [5.74, 6) is -0.138. The number of rotatable bonds is 2. The van der Waals surface area contributed by atoms with Gasteiger partial charge in [-0.15, -0.1) is 0 Å². The number of aromatic hydroxyl groups is 2. The smallest absolute Gasteiger partial charge is 0.257 e. The molecule has 1 fully saturated rings. The van der Waals surface area contributed by atoms with Crippen LogP contribution < -0.4 is 5.73 Å². The van der Waals surface area contributed by atoms with Crippen LogP contribution in [0.25, 0.3) is 0 Å². The molecule has 1 aliphatic rings. The Balaban J connectivity index is 2.21. The van der Waals surface area contributed by atoms with Gasteiger partial charge in [-0.2, -0.15) is 0 Å². The molecule has 1 saturated heterocycles. The lowest BCUT2D eigenvalue weighted by atomic mass is 10.1. The largest absolute Gasteiger partial charge is 0.508 e. The Hall–Kier alpha value is -1.75. The number of benzene rings is 1. The first-order valence-corrected chi connectivity index (χ1v) is 6.06. The molecule has 0 aromatic heterocycles. The van der Waals surface area contributed by atoms with Crippen LogP contribution in [0.15, 0.2) is 18.2 Å². The van der Waals surface area contributed by atoms with Gasteiger partial charge in [0.2, 0.25) is 0 Å². The van der Waals surface area contributed by atoms with Crippen molar-refractivity contribution < 1.29 is 15.0 Å². The monoisotopic (exact) mass is 250 g/mol. The molecule has 1 aromatic carbocycles. The fourth-order valence-electron chi connectivity index (χ4n) is 2.45. The van der Waals surface area contributed by atoms with Gasteiger partial charge >= 0.3 is 0 Å². The maximum Gasteiger partial charge on any atom is 0.257 e.